The third-order valence-electron chi connectivity index (χ3n) is 4.55. The molecule has 0 heterocycles. The summed E-state index contributed by atoms with van der Waals surface area (Å²) in [5.74, 6) is 0.421. The second kappa shape index (κ2) is 10.2. The molecule has 2 N–H and O–H groups in total. The molecule has 0 aliphatic rings. The summed E-state index contributed by atoms with van der Waals surface area (Å²) in [5, 5.41) is 12.5. The maximum atomic E-state index is 11.1. The number of aromatic carboxylic acids is 1. The highest BCUT2D eigenvalue weighted by molar-refractivity contribution is 9.10. The fourth-order valence-corrected chi connectivity index (χ4v) is 3.65. The summed E-state index contributed by atoms with van der Waals surface area (Å²) >= 11 is 3.61. The number of anilines is 1. The number of benzene rings is 3. The molecule has 0 unspecified atom stereocenters. The van der Waals surface area contributed by atoms with Crippen molar-refractivity contribution < 1.29 is 19.4 Å². The lowest BCUT2D eigenvalue weighted by Crippen LogP contribution is -2.05. The first-order valence-electron chi connectivity index (χ1n) is 9.67. The van der Waals surface area contributed by atoms with Crippen molar-refractivity contribution in [3.63, 3.8) is 0 Å². The number of ether oxygens (including phenoxy) is 2. The van der Waals surface area contributed by atoms with Crippen molar-refractivity contribution in [2.45, 2.75) is 27.0 Å². The van der Waals surface area contributed by atoms with Crippen LogP contribution in [0.3, 0.4) is 0 Å². The molecule has 6 heteroatoms. The van der Waals surface area contributed by atoms with Crippen LogP contribution in [0.25, 0.3) is 0 Å². The van der Waals surface area contributed by atoms with E-state index >= 15 is 0 Å². The second-order valence-electron chi connectivity index (χ2n) is 6.80. The van der Waals surface area contributed by atoms with Gasteiger partial charge in [-0.2, -0.15) is 0 Å². The molecule has 0 saturated carbocycles. The third kappa shape index (κ3) is 5.54. The summed E-state index contributed by atoms with van der Waals surface area (Å²) in [6, 6.07) is 19.0. The fraction of sp³-hybridized carbons (Fsp3) is 0.208. The lowest BCUT2D eigenvalue weighted by molar-refractivity contribution is 0.0697. The Morgan fingerprint density at radius 1 is 1.03 bits per heavy atom. The van der Waals surface area contributed by atoms with Crippen molar-refractivity contribution in [2.24, 2.45) is 0 Å². The van der Waals surface area contributed by atoms with E-state index < -0.39 is 5.97 Å². The van der Waals surface area contributed by atoms with Crippen LogP contribution >= 0.6 is 15.9 Å². The van der Waals surface area contributed by atoms with Gasteiger partial charge in [-0.15, -0.1) is 0 Å². The monoisotopic (exact) mass is 469 g/mol. The zero-order valence-corrected chi connectivity index (χ0v) is 18.5. The topological polar surface area (TPSA) is 67.8 Å². The molecule has 0 saturated heterocycles. The van der Waals surface area contributed by atoms with Gasteiger partial charge in [-0.05, 0) is 76.8 Å². The molecule has 0 fully saturated rings. The Labute approximate surface area is 184 Å². The Morgan fingerprint density at radius 3 is 2.47 bits per heavy atom. The lowest BCUT2D eigenvalue weighted by Gasteiger charge is -2.16. The molecule has 0 aromatic heterocycles. The Hall–Kier alpha value is -2.99. The molecule has 0 aliphatic heterocycles. The van der Waals surface area contributed by atoms with E-state index in [-0.39, 0.29) is 5.56 Å². The largest absolute Gasteiger partial charge is 0.490 e. The molecular weight excluding hydrogens is 446 g/mol. The second-order valence-corrected chi connectivity index (χ2v) is 7.65. The first kappa shape index (κ1) is 21.7. The van der Waals surface area contributed by atoms with Crippen molar-refractivity contribution in [2.75, 3.05) is 11.9 Å². The summed E-state index contributed by atoms with van der Waals surface area (Å²) < 4.78 is 12.7. The number of nitrogens with one attached hydrogen (secondary N) is 1. The van der Waals surface area contributed by atoms with Gasteiger partial charge in [-0.25, -0.2) is 4.79 Å². The normalized spacial score (nSPS) is 10.5. The smallest absolute Gasteiger partial charge is 0.335 e. The van der Waals surface area contributed by atoms with Crippen LogP contribution in [0.2, 0.25) is 0 Å². The standard InChI is InChI=1S/C24H24BrNO4/c1-3-29-22-13-18(14-26-21-10-9-19(24(27)28)11-16(21)2)12-20(25)23(22)30-15-17-7-5-4-6-8-17/h4-13,26H,3,14-15H2,1-2H3,(H,27,28). The molecule has 3 rings (SSSR count). The number of aryl methyl sites for hydroxylation is 1. The zero-order valence-electron chi connectivity index (χ0n) is 16.9. The number of hydrogen-bond acceptors (Lipinski definition) is 4. The number of rotatable bonds is 9. The van der Waals surface area contributed by atoms with Gasteiger partial charge in [-0.1, -0.05) is 30.3 Å². The minimum Gasteiger partial charge on any atom is -0.490 e. The van der Waals surface area contributed by atoms with E-state index in [0.717, 1.165) is 26.9 Å². The van der Waals surface area contributed by atoms with E-state index in [2.05, 4.69) is 21.2 Å². The van der Waals surface area contributed by atoms with Gasteiger partial charge in [0.1, 0.15) is 6.61 Å². The summed E-state index contributed by atoms with van der Waals surface area (Å²) in [6.45, 7) is 5.36. The molecule has 30 heavy (non-hydrogen) atoms. The molecule has 3 aromatic rings. The highest BCUT2D eigenvalue weighted by Gasteiger charge is 2.13. The average molecular weight is 470 g/mol. The van der Waals surface area contributed by atoms with E-state index in [9.17, 15) is 4.79 Å². The summed E-state index contributed by atoms with van der Waals surface area (Å²) in [5.41, 5.74) is 4.14. The summed E-state index contributed by atoms with van der Waals surface area (Å²) in [7, 11) is 0. The molecule has 0 radical (unpaired) electrons. The number of carbonyl (C=O) groups is 1. The first-order valence-corrected chi connectivity index (χ1v) is 10.5. The quantitative estimate of drug-likeness (QED) is 0.399. The molecule has 0 bridgehead atoms. The Kier molecular flexibility index (Phi) is 7.36. The first-order chi connectivity index (χ1) is 14.5. The molecule has 156 valence electrons. The van der Waals surface area contributed by atoms with Gasteiger partial charge in [0, 0.05) is 12.2 Å². The number of carboxylic acid groups (broad SMARTS) is 1. The van der Waals surface area contributed by atoms with Gasteiger partial charge in [0.05, 0.1) is 16.6 Å². The predicted octanol–water partition coefficient (Wildman–Crippen LogP) is 6.05. The Balaban J connectivity index is 1.75. The summed E-state index contributed by atoms with van der Waals surface area (Å²) in [4.78, 5) is 11.1. The summed E-state index contributed by atoms with van der Waals surface area (Å²) in [6.07, 6.45) is 0. The molecule has 0 aliphatic carbocycles. The maximum Gasteiger partial charge on any atom is 0.335 e. The zero-order chi connectivity index (χ0) is 21.5. The van der Waals surface area contributed by atoms with Gasteiger partial charge in [0.2, 0.25) is 0 Å². The average Bonchev–Trinajstić information content (AvgIpc) is 2.73. The van der Waals surface area contributed by atoms with Gasteiger partial charge in [0.15, 0.2) is 11.5 Å². The van der Waals surface area contributed by atoms with Crippen LogP contribution in [0.1, 0.15) is 34.0 Å². The highest BCUT2D eigenvalue weighted by Crippen LogP contribution is 2.37. The number of carboxylic acids is 1. The fourth-order valence-electron chi connectivity index (χ4n) is 3.05. The van der Waals surface area contributed by atoms with Gasteiger partial charge in [0.25, 0.3) is 0 Å². The molecule has 5 nitrogen and oxygen atoms in total. The maximum absolute atomic E-state index is 11.1. The molecule has 0 amide bonds. The van der Waals surface area contributed by atoms with Gasteiger partial charge >= 0.3 is 5.97 Å². The van der Waals surface area contributed by atoms with Crippen molar-refractivity contribution in [1.82, 2.24) is 0 Å². The Morgan fingerprint density at radius 2 is 1.80 bits per heavy atom. The van der Waals surface area contributed by atoms with Crippen LogP contribution in [0.5, 0.6) is 11.5 Å². The molecular formula is C24H24BrNO4. The van der Waals surface area contributed by atoms with Crippen LogP contribution in [0.15, 0.2) is 65.1 Å². The minimum atomic E-state index is -0.930. The van der Waals surface area contributed by atoms with Crippen molar-refractivity contribution >= 4 is 27.6 Å². The predicted molar refractivity (Wildman–Crippen MR) is 122 cm³/mol. The van der Waals surface area contributed by atoms with Gasteiger partial charge in [-0.3, -0.25) is 0 Å². The molecule has 0 atom stereocenters. The van der Waals surface area contributed by atoms with Crippen molar-refractivity contribution in [3.8, 4) is 11.5 Å². The van der Waals surface area contributed by atoms with Crippen molar-refractivity contribution in [3.05, 3.63) is 87.4 Å². The van der Waals surface area contributed by atoms with E-state index in [0.29, 0.717) is 31.3 Å². The SMILES string of the molecule is CCOc1cc(CNc2ccc(C(=O)O)cc2C)cc(Br)c1OCc1ccccc1. The Bertz CT molecular complexity index is 1020. The minimum absolute atomic E-state index is 0.277. The van der Waals surface area contributed by atoms with E-state index in [1.807, 2.05) is 56.3 Å². The van der Waals surface area contributed by atoms with Crippen LogP contribution < -0.4 is 14.8 Å². The van der Waals surface area contributed by atoms with Crippen LogP contribution in [0.4, 0.5) is 5.69 Å². The molecule has 0 spiro atoms. The van der Waals surface area contributed by atoms with Crippen molar-refractivity contribution in [1.29, 1.82) is 0 Å². The molecule has 3 aromatic carbocycles. The lowest BCUT2D eigenvalue weighted by atomic mass is 10.1. The van der Waals surface area contributed by atoms with E-state index in [1.54, 1.807) is 18.2 Å². The third-order valence-corrected chi connectivity index (χ3v) is 5.14. The van der Waals surface area contributed by atoms with E-state index in [4.69, 9.17) is 14.6 Å². The number of halogens is 1. The van der Waals surface area contributed by atoms with Crippen LogP contribution in [-0.4, -0.2) is 17.7 Å². The highest BCUT2D eigenvalue weighted by atomic mass is 79.9. The number of hydrogen-bond donors (Lipinski definition) is 2. The van der Waals surface area contributed by atoms with E-state index in [1.165, 1.54) is 0 Å². The van der Waals surface area contributed by atoms with Gasteiger partial charge < -0.3 is 19.9 Å². The van der Waals surface area contributed by atoms with Crippen LogP contribution in [0, 0.1) is 6.92 Å². The van der Waals surface area contributed by atoms with Crippen LogP contribution in [-0.2, 0) is 13.2 Å².